The fourth-order valence-electron chi connectivity index (χ4n) is 3.53. The maximum Gasteiger partial charge on any atom is 0.225 e. The normalized spacial score (nSPS) is 10.9. The van der Waals surface area contributed by atoms with E-state index < -0.39 is 28.8 Å². The van der Waals surface area contributed by atoms with Crippen molar-refractivity contribution >= 4 is 33.1 Å². The van der Waals surface area contributed by atoms with E-state index in [-0.39, 0.29) is 21.7 Å². The lowest BCUT2D eigenvalue weighted by Gasteiger charge is -2.11. The molecule has 5 rings (SSSR count). The molecule has 1 heterocycles. The van der Waals surface area contributed by atoms with Crippen molar-refractivity contribution in [1.82, 2.24) is 4.98 Å². The second-order valence-electron chi connectivity index (χ2n) is 7.60. The monoisotopic (exact) mass is 483 g/mol. The maximum absolute atomic E-state index is 13.1. The van der Waals surface area contributed by atoms with Gasteiger partial charge in [0.25, 0.3) is 0 Å². The molecule has 0 radical (unpaired) electrons. The number of nitrogens with zero attached hydrogens (tertiary/aromatic N) is 1. The van der Waals surface area contributed by atoms with Crippen LogP contribution in [-0.4, -0.2) is 31.9 Å². The van der Waals surface area contributed by atoms with Gasteiger partial charge in [0, 0.05) is 5.56 Å². The number of carbonyl (C=O) groups excluding carboxylic acids is 2. The summed E-state index contributed by atoms with van der Waals surface area (Å²) >= 11 is 1.12. The molecule has 0 saturated heterocycles. The minimum absolute atomic E-state index is 0.0763. The predicted octanol–water partition coefficient (Wildman–Crippen LogP) is 5.67. The number of ether oxygens (including phenoxy) is 1. The lowest BCUT2D eigenvalue weighted by atomic mass is 9.97. The molecule has 35 heavy (non-hydrogen) atoms. The van der Waals surface area contributed by atoms with E-state index in [4.69, 9.17) is 4.74 Å². The SMILES string of the molecule is O=C(c1ccc(Oc2ccccc2)cc1)c1cc(C(=O)c2nc3ccccc3s2)c(O)c(O)c1O. The fraction of sp³-hybridized carbons (Fsp3) is 0. The van der Waals surface area contributed by atoms with Crippen molar-refractivity contribution in [2.24, 2.45) is 0 Å². The maximum atomic E-state index is 13.1. The average Bonchev–Trinajstić information content (AvgIpc) is 3.32. The molecule has 172 valence electrons. The van der Waals surface area contributed by atoms with Gasteiger partial charge in [-0.1, -0.05) is 30.3 Å². The third kappa shape index (κ3) is 4.18. The number of fused-ring (bicyclic) bond motifs is 1. The Morgan fingerprint density at radius 3 is 1.97 bits per heavy atom. The number of phenolic OH excluding ortho intramolecular Hbond substituents is 3. The molecule has 0 amide bonds. The van der Waals surface area contributed by atoms with Crippen molar-refractivity contribution in [3.63, 3.8) is 0 Å². The minimum atomic E-state index is -0.954. The smallest absolute Gasteiger partial charge is 0.225 e. The lowest BCUT2D eigenvalue weighted by molar-refractivity contribution is 0.103. The molecule has 0 fully saturated rings. The van der Waals surface area contributed by atoms with Crippen molar-refractivity contribution in [2.75, 3.05) is 0 Å². The van der Waals surface area contributed by atoms with Crippen molar-refractivity contribution < 1.29 is 29.6 Å². The van der Waals surface area contributed by atoms with Crippen LogP contribution in [0.3, 0.4) is 0 Å². The topological polar surface area (TPSA) is 117 Å². The largest absolute Gasteiger partial charge is 0.504 e. The Balaban J connectivity index is 1.47. The van der Waals surface area contributed by atoms with E-state index in [2.05, 4.69) is 4.98 Å². The summed E-state index contributed by atoms with van der Waals surface area (Å²) in [7, 11) is 0. The van der Waals surface area contributed by atoms with Crippen molar-refractivity contribution in [1.29, 1.82) is 0 Å². The van der Waals surface area contributed by atoms with E-state index >= 15 is 0 Å². The lowest BCUT2D eigenvalue weighted by Crippen LogP contribution is -2.07. The van der Waals surface area contributed by atoms with Gasteiger partial charge in [-0.2, -0.15) is 0 Å². The van der Waals surface area contributed by atoms with Gasteiger partial charge in [-0.05, 0) is 54.6 Å². The van der Waals surface area contributed by atoms with Crippen LogP contribution in [0.4, 0.5) is 0 Å². The highest BCUT2D eigenvalue weighted by Gasteiger charge is 2.27. The van der Waals surface area contributed by atoms with Gasteiger partial charge in [0.1, 0.15) is 11.5 Å². The third-order valence-corrected chi connectivity index (χ3v) is 6.36. The first kappa shape index (κ1) is 22.1. The highest BCUT2D eigenvalue weighted by atomic mass is 32.1. The Labute approximate surface area is 203 Å². The van der Waals surface area contributed by atoms with Crippen molar-refractivity contribution in [3.05, 3.63) is 107 Å². The Morgan fingerprint density at radius 2 is 1.29 bits per heavy atom. The van der Waals surface area contributed by atoms with E-state index in [0.29, 0.717) is 17.0 Å². The van der Waals surface area contributed by atoms with E-state index in [1.54, 1.807) is 42.5 Å². The van der Waals surface area contributed by atoms with Crippen LogP contribution in [0.25, 0.3) is 10.2 Å². The molecule has 4 aromatic carbocycles. The molecular weight excluding hydrogens is 466 g/mol. The number of ketones is 2. The van der Waals surface area contributed by atoms with Gasteiger partial charge in [0.05, 0.1) is 21.3 Å². The summed E-state index contributed by atoms with van der Waals surface area (Å²) in [6.07, 6.45) is 0. The summed E-state index contributed by atoms with van der Waals surface area (Å²) in [4.78, 5) is 30.5. The molecule has 1 aromatic heterocycles. The number of para-hydroxylation sites is 2. The minimum Gasteiger partial charge on any atom is -0.504 e. The molecule has 0 aliphatic heterocycles. The van der Waals surface area contributed by atoms with E-state index in [9.17, 15) is 24.9 Å². The number of carbonyl (C=O) groups is 2. The van der Waals surface area contributed by atoms with E-state index in [1.165, 1.54) is 12.1 Å². The second kappa shape index (κ2) is 8.92. The van der Waals surface area contributed by atoms with Crippen molar-refractivity contribution in [3.8, 4) is 28.7 Å². The van der Waals surface area contributed by atoms with Gasteiger partial charge in [-0.3, -0.25) is 9.59 Å². The average molecular weight is 484 g/mol. The van der Waals surface area contributed by atoms with Gasteiger partial charge >= 0.3 is 0 Å². The van der Waals surface area contributed by atoms with Crippen LogP contribution in [0.2, 0.25) is 0 Å². The van der Waals surface area contributed by atoms with E-state index in [1.807, 2.05) is 24.3 Å². The molecule has 0 aliphatic rings. The highest BCUT2D eigenvalue weighted by molar-refractivity contribution is 7.20. The number of aromatic hydroxyl groups is 3. The highest BCUT2D eigenvalue weighted by Crippen LogP contribution is 2.42. The van der Waals surface area contributed by atoms with Gasteiger partial charge in [0.15, 0.2) is 22.3 Å². The molecule has 0 saturated carbocycles. The fourth-order valence-corrected chi connectivity index (χ4v) is 4.45. The summed E-state index contributed by atoms with van der Waals surface area (Å²) in [5.74, 6) is -2.80. The van der Waals surface area contributed by atoms with Crippen LogP contribution in [0.1, 0.15) is 31.3 Å². The number of thiazole rings is 1. The first-order valence-corrected chi connectivity index (χ1v) is 11.3. The van der Waals surface area contributed by atoms with Gasteiger partial charge in [-0.15, -0.1) is 11.3 Å². The number of phenols is 3. The van der Waals surface area contributed by atoms with Crippen LogP contribution < -0.4 is 4.74 Å². The molecule has 0 spiro atoms. The molecule has 3 N–H and O–H groups in total. The number of hydrogen-bond donors (Lipinski definition) is 3. The third-order valence-electron chi connectivity index (χ3n) is 5.32. The number of hydrogen-bond acceptors (Lipinski definition) is 8. The summed E-state index contributed by atoms with van der Waals surface area (Å²) in [5, 5.41) is 31.1. The molecule has 8 heteroatoms. The summed E-state index contributed by atoms with van der Waals surface area (Å²) in [6.45, 7) is 0. The zero-order valence-electron chi connectivity index (χ0n) is 18.0. The first-order chi connectivity index (χ1) is 16.9. The van der Waals surface area contributed by atoms with E-state index in [0.717, 1.165) is 22.1 Å². The Morgan fingerprint density at radius 1 is 0.686 bits per heavy atom. The molecule has 0 atom stereocenters. The quantitative estimate of drug-likeness (QED) is 0.210. The van der Waals surface area contributed by atoms with Crippen LogP contribution in [0.15, 0.2) is 84.9 Å². The number of benzene rings is 4. The van der Waals surface area contributed by atoms with Crippen LogP contribution in [0, 0.1) is 0 Å². The molecule has 0 bridgehead atoms. The molecule has 7 nitrogen and oxygen atoms in total. The van der Waals surface area contributed by atoms with Crippen LogP contribution >= 0.6 is 11.3 Å². The predicted molar refractivity (Wildman–Crippen MR) is 131 cm³/mol. The van der Waals surface area contributed by atoms with Crippen molar-refractivity contribution in [2.45, 2.75) is 0 Å². The summed E-state index contributed by atoms with van der Waals surface area (Å²) in [6, 6.07) is 23.5. The zero-order chi connectivity index (χ0) is 24.5. The molecule has 5 aromatic rings. The zero-order valence-corrected chi connectivity index (χ0v) is 18.8. The Bertz CT molecular complexity index is 1540. The Kier molecular flexibility index (Phi) is 5.64. The summed E-state index contributed by atoms with van der Waals surface area (Å²) in [5.41, 5.74) is 0.120. The first-order valence-electron chi connectivity index (χ1n) is 10.5. The van der Waals surface area contributed by atoms with Crippen LogP contribution in [-0.2, 0) is 0 Å². The molecule has 0 unspecified atom stereocenters. The van der Waals surface area contributed by atoms with Gasteiger partial charge in [0.2, 0.25) is 11.5 Å². The molecule has 0 aliphatic carbocycles. The molecular formula is C27H17NO6S. The standard InChI is InChI=1S/C27H17NO6S/c29-22(15-10-12-17(13-11-15)34-16-6-2-1-3-7-16)18-14-19(24(31)26(33)23(18)30)25(32)27-28-20-8-4-5-9-21(20)35-27/h1-14,30-31,33H. The summed E-state index contributed by atoms with van der Waals surface area (Å²) < 4.78 is 6.49. The Hall–Kier alpha value is -4.69. The van der Waals surface area contributed by atoms with Gasteiger partial charge in [-0.25, -0.2) is 4.98 Å². The number of aromatic nitrogens is 1. The second-order valence-corrected chi connectivity index (χ2v) is 8.63. The number of rotatable bonds is 6. The van der Waals surface area contributed by atoms with Crippen LogP contribution in [0.5, 0.6) is 28.7 Å². The van der Waals surface area contributed by atoms with Gasteiger partial charge < -0.3 is 20.1 Å².